The van der Waals surface area contributed by atoms with E-state index in [0.717, 1.165) is 63.9 Å². The number of rotatable bonds is 7. The average Bonchev–Trinajstić information content (AvgIpc) is 2.83. The Balaban J connectivity index is 1.35. The highest BCUT2D eigenvalue weighted by atomic mass is 19.4. The van der Waals surface area contributed by atoms with Crippen molar-refractivity contribution in [2.24, 2.45) is 11.8 Å². The maximum absolute atomic E-state index is 14.9. The molecular formula is C27H31F5O3. The molecule has 192 valence electrons. The van der Waals surface area contributed by atoms with Crippen LogP contribution in [0.2, 0.25) is 0 Å². The molecule has 0 aromatic heterocycles. The topological polar surface area (TPSA) is 27.7 Å². The first kappa shape index (κ1) is 25.9. The van der Waals surface area contributed by atoms with Gasteiger partial charge in [-0.15, -0.1) is 13.2 Å². The Bertz CT molecular complexity index is 937. The molecule has 0 amide bonds. The van der Waals surface area contributed by atoms with Crippen molar-refractivity contribution in [2.75, 3.05) is 13.2 Å². The Hall–Kier alpha value is -2.19. The summed E-state index contributed by atoms with van der Waals surface area (Å²) in [4.78, 5) is 0. The Morgan fingerprint density at radius 1 is 0.914 bits per heavy atom. The maximum Gasteiger partial charge on any atom is 0.573 e. The third-order valence-corrected chi connectivity index (χ3v) is 7.03. The predicted octanol–water partition coefficient (Wildman–Crippen LogP) is 7.98. The first-order valence-corrected chi connectivity index (χ1v) is 12.3. The first-order valence-electron chi connectivity index (χ1n) is 12.3. The molecule has 35 heavy (non-hydrogen) atoms. The van der Waals surface area contributed by atoms with Crippen LogP contribution in [0.5, 0.6) is 5.75 Å². The van der Waals surface area contributed by atoms with Gasteiger partial charge in [0.25, 0.3) is 0 Å². The minimum absolute atomic E-state index is 0.0350. The van der Waals surface area contributed by atoms with E-state index in [4.69, 9.17) is 9.47 Å². The summed E-state index contributed by atoms with van der Waals surface area (Å²) in [5.41, 5.74) is 0.487. The second-order valence-electron chi connectivity index (χ2n) is 9.59. The van der Waals surface area contributed by atoms with Gasteiger partial charge in [0.05, 0.1) is 18.8 Å². The van der Waals surface area contributed by atoms with Gasteiger partial charge in [-0.3, -0.25) is 0 Å². The Morgan fingerprint density at radius 3 is 2.06 bits per heavy atom. The minimum atomic E-state index is -4.83. The molecule has 1 heterocycles. The van der Waals surface area contributed by atoms with Crippen LogP contribution in [-0.4, -0.2) is 25.9 Å². The Morgan fingerprint density at radius 2 is 1.51 bits per heavy atom. The normalized spacial score (nSPS) is 25.4. The van der Waals surface area contributed by atoms with E-state index in [9.17, 15) is 22.0 Å². The summed E-state index contributed by atoms with van der Waals surface area (Å²) in [6.07, 6.45) is 1.73. The van der Waals surface area contributed by atoms with Gasteiger partial charge in [-0.2, -0.15) is 0 Å². The van der Waals surface area contributed by atoms with Crippen molar-refractivity contribution in [1.82, 2.24) is 0 Å². The molecule has 1 aliphatic heterocycles. The maximum atomic E-state index is 14.9. The number of ether oxygens (including phenoxy) is 3. The molecule has 0 N–H and O–H groups in total. The summed E-state index contributed by atoms with van der Waals surface area (Å²) >= 11 is 0. The van der Waals surface area contributed by atoms with Crippen molar-refractivity contribution in [1.29, 1.82) is 0 Å². The molecule has 1 aliphatic carbocycles. The molecule has 0 bridgehead atoms. The highest BCUT2D eigenvalue weighted by Gasteiger charge is 2.33. The van der Waals surface area contributed by atoms with E-state index in [0.29, 0.717) is 11.5 Å². The van der Waals surface area contributed by atoms with Crippen molar-refractivity contribution in [3.05, 3.63) is 53.6 Å². The summed E-state index contributed by atoms with van der Waals surface area (Å²) in [5, 5.41) is 0. The van der Waals surface area contributed by atoms with Gasteiger partial charge in [-0.25, -0.2) is 8.78 Å². The molecule has 0 radical (unpaired) electrons. The number of benzene rings is 2. The predicted molar refractivity (Wildman–Crippen MR) is 122 cm³/mol. The van der Waals surface area contributed by atoms with Crippen LogP contribution in [0.25, 0.3) is 11.1 Å². The lowest BCUT2D eigenvalue weighted by Gasteiger charge is -2.37. The molecule has 0 unspecified atom stereocenters. The van der Waals surface area contributed by atoms with E-state index in [1.54, 1.807) is 0 Å². The molecule has 3 nitrogen and oxygen atoms in total. The summed E-state index contributed by atoms with van der Waals surface area (Å²) in [5.74, 6) is -1.14. The molecule has 2 aromatic rings. The van der Waals surface area contributed by atoms with E-state index >= 15 is 0 Å². The molecule has 1 saturated heterocycles. The van der Waals surface area contributed by atoms with Gasteiger partial charge in [0.2, 0.25) is 0 Å². The molecule has 2 aromatic carbocycles. The van der Waals surface area contributed by atoms with Gasteiger partial charge >= 0.3 is 6.36 Å². The molecule has 4 rings (SSSR count). The second-order valence-corrected chi connectivity index (χ2v) is 9.59. The molecule has 2 fully saturated rings. The number of hydrogen-bond acceptors (Lipinski definition) is 3. The average molecular weight is 499 g/mol. The van der Waals surface area contributed by atoms with Crippen LogP contribution in [0.15, 0.2) is 36.4 Å². The standard InChI is InChI=1S/C27H31F5O3/c1-2-3-4-17-15-33-26(34-16-17)20-7-5-18(6-8-20)21-13-23(28)25(24(29)14-21)19-9-11-22(12-10-19)35-27(30,31)32/h9-14,17-18,20,26H,2-8,15-16H2,1H3. The molecule has 0 atom stereocenters. The summed E-state index contributed by atoms with van der Waals surface area (Å²) < 4.78 is 82.7. The Kier molecular flexibility index (Phi) is 8.32. The highest BCUT2D eigenvalue weighted by molar-refractivity contribution is 5.66. The number of unbranched alkanes of at least 4 members (excludes halogenated alkanes) is 1. The van der Waals surface area contributed by atoms with Crippen LogP contribution in [0.4, 0.5) is 22.0 Å². The van der Waals surface area contributed by atoms with Gasteiger partial charge in [0, 0.05) is 11.8 Å². The van der Waals surface area contributed by atoms with E-state index in [1.807, 2.05) is 0 Å². The van der Waals surface area contributed by atoms with E-state index in [-0.39, 0.29) is 29.3 Å². The lowest BCUT2D eigenvalue weighted by molar-refractivity contribution is -0.274. The van der Waals surface area contributed by atoms with Crippen LogP contribution in [-0.2, 0) is 9.47 Å². The van der Waals surface area contributed by atoms with E-state index < -0.39 is 23.7 Å². The van der Waals surface area contributed by atoms with Gasteiger partial charge in [-0.1, -0.05) is 31.9 Å². The van der Waals surface area contributed by atoms with Gasteiger partial charge < -0.3 is 14.2 Å². The van der Waals surface area contributed by atoms with E-state index in [1.165, 1.54) is 30.7 Å². The van der Waals surface area contributed by atoms with Crippen molar-refractivity contribution in [2.45, 2.75) is 70.4 Å². The van der Waals surface area contributed by atoms with Crippen LogP contribution in [0.3, 0.4) is 0 Å². The number of alkyl halides is 3. The van der Waals surface area contributed by atoms with Gasteiger partial charge in [0.1, 0.15) is 17.4 Å². The highest BCUT2D eigenvalue weighted by Crippen LogP contribution is 2.41. The fraction of sp³-hybridized carbons (Fsp3) is 0.556. The zero-order valence-corrected chi connectivity index (χ0v) is 19.8. The third kappa shape index (κ3) is 6.73. The van der Waals surface area contributed by atoms with Crippen LogP contribution >= 0.6 is 0 Å². The van der Waals surface area contributed by atoms with Crippen molar-refractivity contribution >= 4 is 0 Å². The molecule has 8 heteroatoms. The number of hydrogen-bond donors (Lipinski definition) is 0. The van der Waals surface area contributed by atoms with Crippen LogP contribution in [0.1, 0.15) is 63.4 Å². The number of halogens is 5. The van der Waals surface area contributed by atoms with Crippen molar-refractivity contribution < 1.29 is 36.2 Å². The first-order chi connectivity index (χ1) is 16.7. The van der Waals surface area contributed by atoms with E-state index in [2.05, 4.69) is 11.7 Å². The second kappa shape index (κ2) is 11.2. The van der Waals surface area contributed by atoms with Crippen molar-refractivity contribution in [3.8, 4) is 16.9 Å². The zero-order valence-electron chi connectivity index (χ0n) is 19.8. The fourth-order valence-electron chi connectivity index (χ4n) is 5.14. The van der Waals surface area contributed by atoms with Crippen LogP contribution in [0, 0.1) is 23.5 Å². The third-order valence-electron chi connectivity index (χ3n) is 7.03. The smallest absolute Gasteiger partial charge is 0.406 e. The lowest BCUT2D eigenvalue weighted by atomic mass is 9.78. The van der Waals surface area contributed by atoms with Crippen molar-refractivity contribution in [3.63, 3.8) is 0 Å². The molecule has 2 aliphatic rings. The van der Waals surface area contributed by atoms with Gasteiger partial charge in [0.15, 0.2) is 6.29 Å². The summed E-state index contributed by atoms with van der Waals surface area (Å²) in [7, 11) is 0. The summed E-state index contributed by atoms with van der Waals surface area (Å²) in [6.45, 7) is 3.63. The molecule has 1 saturated carbocycles. The Labute approximate surface area is 202 Å². The molecule has 0 spiro atoms. The van der Waals surface area contributed by atoms with Gasteiger partial charge in [-0.05, 0) is 73.4 Å². The monoisotopic (exact) mass is 498 g/mol. The fourth-order valence-corrected chi connectivity index (χ4v) is 5.14. The molecular weight excluding hydrogens is 467 g/mol. The largest absolute Gasteiger partial charge is 0.573 e. The zero-order chi connectivity index (χ0) is 25.0. The van der Waals surface area contributed by atoms with Crippen LogP contribution < -0.4 is 4.74 Å². The lowest BCUT2D eigenvalue weighted by Crippen LogP contribution is -2.38. The summed E-state index contributed by atoms with van der Waals surface area (Å²) in [6, 6.07) is 7.19. The minimum Gasteiger partial charge on any atom is -0.406 e. The quantitative estimate of drug-likeness (QED) is 0.362. The SMILES string of the molecule is CCCCC1COC(C2CCC(c3cc(F)c(-c4ccc(OC(F)(F)F)cc4)c(F)c3)CC2)OC1.